The quantitative estimate of drug-likeness (QED) is 0.673. The van der Waals surface area contributed by atoms with Crippen molar-refractivity contribution in [2.24, 2.45) is 0 Å². The van der Waals surface area contributed by atoms with Gasteiger partial charge in [0.2, 0.25) is 0 Å². The average Bonchev–Trinajstić information content (AvgIpc) is 2.54. The highest BCUT2D eigenvalue weighted by Crippen LogP contribution is 2.16. The Kier molecular flexibility index (Phi) is 3.29. The summed E-state index contributed by atoms with van der Waals surface area (Å²) in [7, 11) is 0. The number of aromatic nitrogens is 2. The van der Waals surface area contributed by atoms with Gasteiger partial charge < -0.3 is 0 Å². The molecule has 1 aromatic heterocycles. The summed E-state index contributed by atoms with van der Waals surface area (Å²) in [6, 6.07) is 14.9. The molecule has 0 unspecified atom stereocenters. The van der Waals surface area contributed by atoms with Crippen molar-refractivity contribution in [3.63, 3.8) is 0 Å². The van der Waals surface area contributed by atoms with E-state index in [9.17, 15) is 4.79 Å². The normalized spacial score (nSPS) is 10.5. The van der Waals surface area contributed by atoms with Gasteiger partial charge in [0.05, 0.1) is 16.6 Å². The van der Waals surface area contributed by atoms with Crippen molar-refractivity contribution in [3.05, 3.63) is 70.3 Å². The number of benzene rings is 2. The lowest BCUT2D eigenvalue weighted by atomic mass is 10.1. The van der Waals surface area contributed by atoms with Crippen LogP contribution in [0.15, 0.2) is 53.3 Å². The van der Waals surface area contributed by atoms with Gasteiger partial charge in [0, 0.05) is 12.0 Å². The molecule has 102 valence electrons. The van der Waals surface area contributed by atoms with Crippen molar-refractivity contribution in [1.82, 2.24) is 9.55 Å². The third-order valence-corrected chi connectivity index (χ3v) is 3.45. The second kappa shape index (κ2) is 5.26. The van der Waals surface area contributed by atoms with Crippen LogP contribution >= 0.6 is 0 Å². The smallest absolute Gasteiger partial charge is 0.267 e. The van der Waals surface area contributed by atoms with Crippen molar-refractivity contribution in [3.8, 4) is 18.0 Å². The summed E-state index contributed by atoms with van der Waals surface area (Å²) in [4.78, 5) is 17.5. The van der Waals surface area contributed by atoms with Crippen LogP contribution in [0.25, 0.3) is 16.6 Å². The first-order valence-electron chi connectivity index (χ1n) is 6.83. The zero-order valence-corrected chi connectivity index (χ0v) is 11.7. The first-order valence-corrected chi connectivity index (χ1v) is 6.83. The molecule has 0 bridgehead atoms. The summed E-state index contributed by atoms with van der Waals surface area (Å²) in [5.41, 5.74) is 1.92. The molecule has 0 fully saturated rings. The van der Waals surface area contributed by atoms with Gasteiger partial charge in [0.25, 0.3) is 5.56 Å². The highest BCUT2D eigenvalue weighted by Gasteiger charge is 2.13. The molecule has 0 atom stereocenters. The van der Waals surface area contributed by atoms with Crippen LogP contribution in [-0.2, 0) is 6.42 Å². The van der Waals surface area contributed by atoms with E-state index in [1.165, 1.54) is 0 Å². The molecule has 0 aliphatic rings. The van der Waals surface area contributed by atoms with E-state index in [-0.39, 0.29) is 5.56 Å². The number of aryl methyl sites for hydroxylation is 1. The van der Waals surface area contributed by atoms with Crippen LogP contribution in [0.4, 0.5) is 0 Å². The summed E-state index contributed by atoms with van der Waals surface area (Å²) in [5.74, 6) is 3.30. The van der Waals surface area contributed by atoms with Crippen molar-refractivity contribution in [2.45, 2.75) is 13.3 Å². The zero-order valence-electron chi connectivity index (χ0n) is 11.7. The van der Waals surface area contributed by atoms with E-state index in [0.717, 1.165) is 11.5 Å². The summed E-state index contributed by atoms with van der Waals surface area (Å²) in [5, 5.41) is 0.501. The fourth-order valence-corrected chi connectivity index (χ4v) is 2.48. The number of fused-ring (bicyclic) bond motifs is 1. The number of rotatable bonds is 2. The molecule has 0 N–H and O–H groups in total. The second-order valence-corrected chi connectivity index (χ2v) is 4.70. The van der Waals surface area contributed by atoms with Gasteiger partial charge in [-0.1, -0.05) is 37.1 Å². The summed E-state index contributed by atoms with van der Waals surface area (Å²) >= 11 is 0. The lowest BCUT2D eigenvalue weighted by molar-refractivity contribution is 0.833. The Balaban J connectivity index is 2.47. The molecule has 21 heavy (non-hydrogen) atoms. The summed E-state index contributed by atoms with van der Waals surface area (Å²) < 4.78 is 1.64. The fraction of sp³-hybridized carbons (Fsp3) is 0.111. The maximum atomic E-state index is 12.9. The van der Waals surface area contributed by atoms with Crippen LogP contribution in [0.1, 0.15) is 18.3 Å². The Morgan fingerprint density at radius 1 is 1.14 bits per heavy atom. The molecule has 0 saturated heterocycles. The molecule has 2 aromatic carbocycles. The van der Waals surface area contributed by atoms with E-state index >= 15 is 0 Å². The fourth-order valence-electron chi connectivity index (χ4n) is 2.48. The topological polar surface area (TPSA) is 34.9 Å². The van der Waals surface area contributed by atoms with Gasteiger partial charge in [-0.25, -0.2) is 4.98 Å². The van der Waals surface area contributed by atoms with Crippen LogP contribution in [-0.4, -0.2) is 9.55 Å². The predicted molar refractivity (Wildman–Crippen MR) is 84.7 cm³/mol. The number of para-hydroxylation sites is 1. The molecular weight excluding hydrogens is 260 g/mol. The maximum absolute atomic E-state index is 12.9. The minimum absolute atomic E-state index is 0.114. The average molecular weight is 274 g/mol. The minimum Gasteiger partial charge on any atom is -0.268 e. The molecule has 0 saturated carbocycles. The first-order chi connectivity index (χ1) is 10.3. The Bertz CT molecular complexity index is 902. The molecule has 3 nitrogen and oxygen atoms in total. The maximum Gasteiger partial charge on any atom is 0.267 e. The number of hydrogen-bond acceptors (Lipinski definition) is 2. The monoisotopic (exact) mass is 274 g/mol. The van der Waals surface area contributed by atoms with E-state index in [2.05, 4.69) is 10.9 Å². The molecule has 0 aliphatic heterocycles. The summed E-state index contributed by atoms with van der Waals surface area (Å²) in [6.45, 7) is 1.98. The van der Waals surface area contributed by atoms with Crippen molar-refractivity contribution in [2.75, 3.05) is 0 Å². The van der Waals surface area contributed by atoms with Gasteiger partial charge in [-0.15, -0.1) is 6.42 Å². The van der Waals surface area contributed by atoms with Crippen LogP contribution < -0.4 is 5.56 Å². The molecular formula is C18H14N2O. The Labute approximate surface area is 122 Å². The highest BCUT2D eigenvalue weighted by molar-refractivity contribution is 5.84. The first kappa shape index (κ1) is 13.1. The number of hydrogen-bond donors (Lipinski definition) is 0. The lowest BCUT2D eigenvalue weighted by Gasteiger charge is -2.13. The van der Waals surface area contributed by atoms with E-state index in [4.69, 9.17) is 6.42 Å². The van der Waals surface area contributed by atoms with Crippen molar-refractivity contribution in [1.29, 1.82) is 0 Å². The van der Waals surface area contributed by atoms with E-state index in [0.29, 0.717) is 22.9 Å². The predicted octanol–water partition coefficient (Wildman–Crippen LogP) is 2.93. The SMILES string of the molecule is C#Cc1cccc2nc(CC)n(-c3ccccc3)c(=O)c12. The molecule has 0 aliphatic carbocycles. The van der Waals surface area contributed by atoms with Crippen LogP contribution in [0.5, 0.6) is 0 Å². The molecule has 3 rings (SSSR count). The second-order valence-electron chi connectivity index (χ2n) is 4.70. The zero-order chi connectivity index (χ0) is 14.8. The standard InChI is InChI=1S/C18H14N2O/c1-3-13-9-8-12-15-17(13)18(21)20(16(4-2)19-15)14-10-6-5-7-11-14/h1,5-12H,4H2,2H3. The molecule has 1 heterocycles. The van der Waals surface area contributed by atoms with E-state index < -0.39 is 0 Å². The molecule has 0 radical (unpaired) electrons. The Hall–Kier alpha value is -2.86. The third-order valence-electron chi connectivity index (χ3n) is 3.45. The van der Waals surface area contributed by atoms with Gasteiger partial charge in [-0.05, 0) is 24.3 Å². The van der Waals surface area contributed by atoms with Gasteiger partial charge in [0.1, 0.15) is 5.82 Å². The third kappa shape index (κ3) is 2.11. The van der Waals surface area contributed by atoms with Gasteiger partial charge in [-0.3, -0.25) is 9.36 Å². The van der Waals surface area contributed by atoms with Crippen molar-refractivity contribution < 1.29 is 0 Å². The van der Waals surface area contributed by atoms with Gasteiger partial charge >= 0.3 is 0 Å². The number of nitrogens with zero attached hydrogens (tertiary/aromatic N) is 2. The van der Waals surface area contributed by atoms with E-state index in [1.807, 2.05) is 49.4 Å². The van der Waals surface area contributed by atoms with Gasteiger partial charge in [-0.2, -0.15) is 0 Å². The van der Waals surface area contributed by atoms with E-state index in [1.54, 1.807) is 10.6 Å². The largest absolute Gasteiger partial charge is 0.268 e. The lowest BCUT2D eigenvalue weighted by Crippen LogP contribution is -2.24. The Morgan fingerprint density at radius 2 is 1.90 bits per heavy atom. The van der Waals surface area contributed by atoms with Crippen LogP contribution in [0, 0.1) is 12.3 Å². The molecule has 0 amide bonds. The van der Waals surface area contributed by atoms with Crippen LogP contribution in [0.3, 0.4) is 0 Å². The summed E-state index contributed by atoms with van der Waals surface area (Å²) in [6.07, 6.45) is 6.19. The molecule has 3 heteroatoms. The van der Waals surface area contributed by atoms with Crippen molar-refractivity contribution >= 4 is 10.9 Å². The Morgan fingerprint density at radius 3 is 2.57 bits per heavy atom. The highest BCUT2D eigenvalue weighted by atomic mass is 16.1. The van der Waals surface area contributed by atoms with Crippen LogP contribution in [0.2, 0.25) is 0 Å². The molecule has 0 spiro atoms. The van der Waals surface area contributed by atoms with Gasteiger partial charge in [0.15, 0.2) is 0 Å². The molecule has 3 aromatic rings. The number of terminal acetylenes is 1. The minimum atomic E-state index is -0.114.